The molecule has 10 heteroatoms. The number of hydrogen-bond acceptors (Lipinski definition) is 6. The molecule has 0 aliphatic rings. The Balaban J connectivity index is 1.45. The molecule has 0 unspecified atom stereocenters. The first-order valence-corrected chi connectivity index (χ1v) is 10.8. The molecule has 0 saturated carbocycles. The molecule has 0 atom stereocenters. The molecule has 0 fully saturated rings. The van der Waals surface area contributed by atoms with E-state index in [1.165, 1.54) is 29.2 Å². The van der Waals surface area contributed by atoms with E-state index in [9.17, 15) is 13.2 Å². The third kappa shape index (κ3) is 5.00. The van der Waals surface area contributed by atoms with Gasteiger partial charge in [-0.2, -0.15) is 0 Å². The Bertz CT molecular complexity index is 1270. The summed E-state index contributed by atoms with van der Waals surface area (Å²) in [6, 6.07) is 22.0. The van der Waals surface area contributed by atoms with Gasteiger partial charge in [-0.1, -0.05) is 36.4 Å². The lowest BCUT2D eigenvalue weighted by atomic mass is 10.2. The van der Waals surface area contributed by atoms with Gasteiger partial charge in [-0.3, -0.25) is 4.79 Å². The van der Waals surface area contributed by atoms with E-state index in [4.69, 9.17) is 0 Å². The number of amides is 1. The third-order valence-electron chi connectivity index (χ3n) is 4.45. The molecule has 4 rings (SSSR count). The van der Waals surface area contributed by atoms with Crippen molar-refractivity contribution in [3.63, 3.8) is 0 Å². The summed E-state index contributed by atoms with van der Waals surface area (Å²) in [5.41, 5.74) is 2.36. The zero-order valence-corrected chi connectivity index (χ0v) is 17.0. The molecule has 1 aromatic heterocycles. The summed E-state index contributed by atoms with van der Waals surface area (Å²) in [6.45, 7) is 0.160. The maximum Gasteiger partial charge on any atom is 0.255 e. The molecule has 0 saturated heterocycles. The zero-order chi connectivity index (χ0) is 21.7. The van der Waals surface area contributed by atoms with Crippen molar-refractivity contribution < 1.29 is 13.2 Å². The number of anilines is 1. The standard InChI is InChI=1S/C21H18N6O3S/c28-21(24-18-9-11-19(12-10-18)27-15-22-25-26-27)17-7-4-8-20(13-17)31(29,30)23-14-16-5-2-1-3-6-16/h1-13,15,23H,14H2,(H,24,28). The number of benzene rings is 3. The van der Waals surface area contributed by atoms with E-state index in [-0.39, 0.29) is 17.0 Å². The van der Waals surface area contributed by atoms with Crippen molar-refractivity contribution in [2.75, 3.05) is 5.32 Å². The average molecular weight is 434 g/mol. The van der Waals surface area contributed by atoms with Gasteiger partial charge in [-0.25, -0.2) is 17.8 Å². The number of nitrogens with one attached hydrogen (secondary N) is 2. The topological polar surface area (TPSA) is 119 Å². The average Bonchev–Trinajstić information content (AvgIpc) is 3.34. The van der Waals surface area contributed by atoms with Crippen molar-refractivity contribution in [1.82, 2.24) is 24.9 Å². The molecule has 4 aromatic rings. The quantitative estimate of drug-likeness (QED) is 0.461. The van der Waals surface area contributed by atoms with Gasteiger partial charge in [0.1, 0.15) is 6.33 Å². The van der Waals surface area contributed by atoms with Gasteiger partial charge >= 0.3 is 0 Å². The first-order valence-electron chi connectivity index (χ1n) is 9.30. The van der Waals surface area contributed by atoms with Gasteiger partial charge in [0.15, 0.2) is 0 Å². The molecule has 1 heterocycles. The van der Waals surface area contributed by atoms with Gasteiger partial charge in [-0.15, -0.1) is 5.10 Å². The normalized spacial score (nSPS) is 11.2. The molecular weight excluding hydrogens is 416 g/mol. The largest absolute Gasteiger partial charge is 0.322 e. The predicted molar refractivity (Wildman–Crippen MR) is 114 cm³/mol. The molecule has 0 aliphatic heterocycles. The van der Waals surface area contributed by atoms with Gasteiger partial charge in [0.05, 0.1) is 10.6 Å². The summed E-state index contributed by atoms with van der Waals surface area (Å²) in [6.07, 6.45) is 1.46. The lowest BCUT2D eigenvalue weighted by molar-refractivity contribution is 0.102. The molecular formula is C21H18N6O3S. The smallest absolute Gasteiger partial charge is 0.255 e. The van der Waals surface area contributed by atoms with Crippen LogP contribution in [0.3, 0.4) is 0 Å². The molecule has 0 aliphatic carbocycles. The van der Waals surface area contributed by atoms with Crippen LogP contribution in [0.2, 0.25) is 0 Å². The van der Waals surface area contributed by atoms with Crippen molar-refractivity contribution in [2.45, 2.75) is 11.4 Å². The molecule has 31 heavy (non-hydrogen) atoms. The Kier molecular flexibility index (Phi) is 5.83. The molecule has 1 amide bonds. The van der Waals surface area contributed by atoms with Crippen LogP contribution in [0.4, 0.5) is 5.69 Å². The van der Waals surface area contributed by atoms with E-state index in [1.807, 2.05) is 30.3 Å². The fraction of sp³-hybridized carbons (Fsp3) is 0.0476. The fourth-order valence-electron chi connectivity index (χ4n) is 2.84. The molecule has 0 spiro atoms. The van der Waals surface area contributed by atoms with Crippen molar-refractivity contribution in [3.05, 3.63) is 96.3 Å². The van der Waals surface area contributed by atoms with Crippen LogP contribution < -0.4 is 10.0 Å². The second-order valence-electron chi connectivity index (χ2n) is 6.59. The SMILES string of the molecule is O=C(Nc1ccc(-n2cnnn2)cc1)c1cccc(S(=O)(=O)NCc2ccccc2)c1. The van der Waals surface area contributed by atoms with Crippen LogP contribution >= 0.6 is 0 Å². The maximum atomic E-state index is 12.6. The summed E-state index contributed by atoms with van der Waals surface area (Å²) < 4.78 is 29.3. The molecule has 9 nitrogen and oxygen atoms in total. The zero-order valence-electron chi connectivity index (χ0n) is 16.2. The van der Waals surface area contributed by atoms with Gasteiger partial charge in [0.25, 0.3) is 5.91 Å². The molecule has 156 valence electrons. The maximum absolute atomic E-state index is 12.6. The van der Waals surface area contributed by atoms with Crippen molar-refractivity contribution >= 4 is 21.6 Å². The minimum Gasteiger partial charge on any atom is -0.322 e. The Labute approximate surface area is 178 Å². The van der Waals surface area contributed by atoms with Crippen LogP contribution in [0.15, 0.2) is 90.1 Å². The van der Waals surface area contributed by atoms with Gasteiger partial charge in [0.2, 0.25) is 10.0 Å². The van der Waals surface area contributed by atoms with E-state index in [0.29, 0.717) is 5.69 Å². The third-order valence-corrected chi connectivity index (χ3v) is 5.85. The summed E-state index contributed by atoms with van der Waals surface area (Å²) in [5.74, 6) is -0.421. The number of nitrogens with zero attached hydrogens (tertiary/aromatic N) is 4. The summed E-state index contributed by atoms with van der Waals surface area (Å²) in [4.78, 5) is 12.6. The number of carbonyl (C=O) groups excluding carboxylic acids is 1. The van der Waals surface area contributed by atoms with Crippen LogP contribution in [0.25, 0.3) is 5.69 Å². The lowest BCUT2D eigenvalue weighted by Crippen LogP contribution is -2.23. The molecule has 3 aromatic carbocycles. The molecule has 0 radical (unpaired) electrons. The highest BCUT2D eigenvalue weighted by Gasteiger charge is 2.16. The van der Waals surface area contributed by atoms with E-state index in [0.717, 1.165) is 11.3 Å². The second-order valence-corrected chi connectivity index (χ2v) is 8.36. The molecule has 2 N–H and O–H groups in total. The summed E-state index contributed by atoms with van der Waals surface area (Å²) in [7, 11) is -3.77. The predicted octanol–water partition coefficient (Wildman–Crippen LogP) is 2.39. The molecule has 0 bridgehead atoms. The fourth-order valence-corrected chi connectivity index (χ4v) is 3.91. The number of sulfonamides is 1. The Hall–Kier alpha value is -3.89. The van der Waals surface area contributed by atoms with Crippen LogP contribution in [-0.4, -0.2) is 34.5 Å². The van der Waals surface area contributed by atoms with Gasteiger partial charge in [-0.05, 0) is 58.5 Å². The lowest BCUT2D eigenvalue weighted by Gasteiger charge is -2.10. The Morgan fingerprint density at radius 1 is 0.935 bits per heavy atom. The van der Waals surface area contributed by atoms with Crippen molar-refractivity contribution in [3.8, 4) is 5.69 Å². The minimum absolute atomic E-state index is 0.0186. The number of tetrazole rings is 1. The van der Waals surface area contributed by atoms with E-state index in [1.54, 1.807) is 30.3 Å². The van der Waals surface area contributed by atoms with Crippen LogP contribution in [0.1, 0.15) is 15.9 Å². The number of hydrogen-bond donors (Lipinski definition) is 2. The van der Waals surface area contributed by atoms with Crippen molar-refractivity contribution in [2.24, 2.45) is 0 Å². The highest BCUT2D eigenvalue weighted by atomic mass is 32.2. The second kappa shape index (κ2) is 8.86. The first-order chi connectivity index (χ1) is 15.0. The number of carbonyl (C=O) groups is 1. The van der Waals surface area contributed by atoms with E-state index in [2.05, 4.69) is 25.6 Å². The summed E-state index contributed by atoms with van der Waals surface area (Å²) >= 11 is 0. The monoisotopic (exact) mass is 434 g/mol. The van der Waals surface area contributed by atoms with E-state index >= 15 is 0 Å². The van der Waals surface area contributed by atoms with Crippen LogP contribution in [0, 0.1) is 0 Å². The minimum atomic E-state index is -3.77. The Morgan fingerprint density at radius 3 is 2.42 bits per heavy atom. The van der Waals surface area contributed by atoms with Crippen molar-refractivity contribution in [1.29, 1.82) is 0 Å². The number of rotatable bonds is 7. The van der Waals surface area contributed by atoms with Gasteiger partial charge < -0.3 is 5.32 Å². The summed E-state index contributed by atoms with van der Waals surface area (Å²) in [5, 5.41) is 13.7. The van der Waals surface area contributed by atoms with Crippen LogP contribution in [-0.2, 0) is 16.6 Å². The Morgan fingerprint density at radius 2 is 1.71 bits per heavy atom. The highest BCUT2D eigenvalue weighted by Crippen LogP contribution is 2.16. The van der Waals surface area contributed by atoms with E-state index < -0.39 is 15.9 Å². The van der Waals surface area contributed by atoms with Gasteiger partial charge in [0, 0.05) is 17.8 Å². The van der Waals surface area contributed by atoms with Crippen LogP contribution in [0.5, 0.6) is 0 Å². The highest BCUT2D eigenvalue weighted by molar-refractivity contribution is 7.89. The first kappa shape index (κ1) is 20.4. The number of aromatic nitrogens is 4.